The highest BCUT2D eigenvalue weighted by atomic mass is 32.1. The Balaban J connectivity index is 1.68. The van der Waals surface area contributed by atoms with Gasteiger partial charge in [0.05, 0.1) is 0 Å². The third-order valence-electron chi connectivity index (χ3n) is 2.64. The molecule has 0 radical (unpaired) electrons. The summed E-state index contributed by atoms with van der Waals surface area (Å²) >= 11 is 2.48. The van der Waals surface area contributed by atoms with Crippen molar-refractivity contribution in [2.45, 2.75) is 12.2 Å². The fourth-order valence-electron chi connectivity index (χ4n) is 1.57. The molecule has 0 aliphatic rings. The average molecular weight is 342 g/mol. The van der Waals surface area contributed by atoms with Gasteiger partial charge in [0.15, 0.2) is 12.2 Å². The Morgan fingerprint density at radius 2 is 1.32 bits per heavy atom. The van der Waals surface area contributed by atoms with Gasteiger partial charge >= 0.3 is 11.9 Å². The van der Waals surface area contributed by atoms with E-state index in [0.717, 1.165) is 0 Å². The predicted molar refractivity (Wildman–Crippen MR) is 80.5 cm³/mol. The third-order valence-corrected chi connectivity index (χ3v) is 4.49. The van der Waals surface area contributed by atoms with Crippen molar-refractivity contribution in [3.63, 3.8) is 0 Å². The van der Waals surface area contributed by atoms with Crippen LogP contribution in [0, 0.1) is 0 Å². The highest BCUT2D eigenvalue weighted by Gasteiger charge is 2.21. The van der Waals surface area contributed by atoms with Crippen LogP contribution in [0.3, 0.4) is 0 Å². The molecule has 0 aromatic carbocycles. The van der Waals surface area contributed by atoms with Gasteiger partial charge in [-0.15, -0.1) is 22.7 Å². The first-order valence-electron chi connectivity index (χ1n) is 6.36. The lowest BCUT2D eigenvalue weighted by Gasteiger charge is -2.11. The van der Waals surface area contributed by atoms with Gasteiger partial charge in [-0.1, -0.05) is 12.1 Å². The van der Waals surface area contributed by atoms with Gasteiger partial charge < -0.3 is 19.7 Å². The first kappa shape index (κ1) is 16.6. The minimum absolute atomic E-state index is 0.190. The molecule has 0 bridgehead atoms. The van der Waals surface area contributed by atoms with Crippen molar-refractivity contribution in [1.29, 1.82) is 0 Å². The number of aliphatic hydroxyl groups excluding tert-OH is 2. The smallest absolute Gasteiger partial charge is 0.340 e. The van der Waals surface area contributed by atoms with Gasteiger partial charge in [0.1, 0.15) is 13.2 Å². The zero-order chi connectivity index (χ0) is 15.9. The van der Waals surface area contributed by atoms with E-state index in [1.807, 2.05) is 0 Å². The molecule has 2 aromatic heterocycles. The van der Waals surface area contributed by atoms with Crippen molar-refractivity contribution < 1.29 is 29.3 Å². The molecule has 2 atom stereocenters. The summed E-state index contributed by atoms with van der Waals surface area (Å²) < 4.78 is 9.62. The Labute approximate surface area is 134 Å². The van der Waals surface area contributed by atoms with Gasteiger partial charge in [-0.3, -0.25) is 0 Å². The summed E-state index contributed by atoms with van der Waals surface area (Å²) in [6.45, 7) is -0.381. The van der Waals surface area contributed by atoms with Gasteiger partial charge in [-0.2, -0.15) is 0 Å². The molecule has 0 fully saturated rings. The standard InChI is InChI=1S/C14H14O6S2/c15-11(9-3-1-7-21-9)13(17)19-5-6-20-14(18)12(16)10-4-2-8-22-10/h1-4,7-8,11-12,15-16H,5-6H2. The Morgan fingerprint density at radius 1 is 0.909 bits per heavy atom. The van der Waals surface area contributed by atoms with Gasteiger partial charge in [0.2, 0.25) is 0 Å². The van der Waals surface area contributed by atoms with E-state index in [4.69, 9.17) is 9.47 Å². The largest absolute Gasteiger partial charge is 0.460 e. The Bertz CT molecular complexity index is 539. The maximum Gasteiger partial charge on any atom is 0.340 e. The van der Waals surface area contributed by atoms with Crippen LogP contribution in [-0.4, -0.2) is 35.4 Å². The Kier molecular flexibility index (Phi) is 6.08. The number of aliphatic hydroxyl groups is 2. The van der Waals surface area contributed by atoms with E-state index in [0.29, 0.717) is 9.75 Å². The van der Waals surface area contributed by atoms with Gasteiger partial charge in [0, 0.05) is 9.75 Å². The minimum atomic E-state index is -1.34. The second-order valence-corrected chi connectivity index (χ2v) is 6.13. The molecule has 0 amide bonds. The Morgan fingerprint density at radius 3 is 1.64 bits per heavy atom. The van der Waals surface area contributed by atoms with E-state index >= 15 is 0 Å². The van der Waals surface area contributed by atoms with E-state index < -0.39 is 24.1 Å². The zero-order valence-corrected chi connectivity index (χ0v) is 13.0. The van der Waals surface area contributed by atoms with Crippen LogP contribution in [0.5, 0.6) is 0 Å². The van der Waals surface area contributed by atoms with Crippen molar-refractivity contribution in [2.24, 2.45) is 0 Å². The van der Waals surface area contributed by atoms with Gasteiger partial charge in [0.25, 0.3) is 0 Å². The number of hydrogen-bond donors (Lipinski definition) is 2. The molecule has 2 rings (SSSR count). The number of esters is 2. The highest BCUT2D eigenvalue weighted by molar-refractivity contribution is 7.10. The van der Waals surface area contributed by atoms with Crippen LogP contribution in [0.4, 0.5) is 0 Å². The second kappa shape index (κ2) is 8.04. The molecule has 0 spiro atoms. The topological polar surface area (TPSA) is 93.1 Å². The van der Waals surface area contributed by atoms with Crippen molar-refractivity contribution in [1.82, 2.24) is 0 Å². The van der Waals surface area contributed by atoms with Gasteiger partial charge in [-0.05, 0) is 22.9 Å². The van der Waals surface area contributed by atoms with Crippen LogP contribution in [-0.2, 0) is 19.1 Å². The van der Waals surface area contributed by atoms with Crippen molar-refractivity contribution in [2.75, 3.05) is 13.2 Å². The molecule has 0 saturated carbocycles. The molecule has 2 aromatic rings. The van der Waals surface area contributed by atoms with Crippen molar-refractivity contribution in [3.8, 4) is 0 Å². The summed E-state index contributed by atoms with van der Waals surface area (Å²) in [6.07, 6.45) is -2.68. The number of carbonyl (C=O) groups is 2. The lowest BCUT2D eigenvalue weighted by Crippen LogP contribution is -2.20. The molecule has 2 N–H and O–H groups in total. The highest BCUT2D eigenvalue weighted by Crippen LogP contribution is 2.20. The molecule has 2 unspecified atom stereocenters. The summed E-state index contributed by atoms with van der Waals surface area (Å²) in [5, 5.41) is 22.8. The molecule has 118 valence electrons. The zero-order valence-electron chi connectivity index (χ0n) is 11.4. The lowest BCUT2D eigenvalue weighted by molar-refractivity contribution is -0.162. The van der Waals surface area contributed by atoms with Crippen LogP contribution in [0.2, 0.25) is 0 Å². The summed E-state index contributed by atoms with van der Waals surface area (Å²) in [5.41, 5.74) is 0. The van der Waals surface area contributed by atoms with Crippen molar-refractivity contribution in [3.05, 3.63) is 44.8 Å². The molecule has 2 heterocycles. The molecule has 8 heteroatoms. The molecular weight excluding hydrogens is 328 g/mol. The average Bonchev–Trinajstić information content (AvgIpc) is 3.22. The van der Waals surface area contributed by atoms with Crippen LogP contribution in [0.15, 0.2) is 35.0 Å². The maximum absolute atomic E-state index is 11.6. The SMILES string of the molecule is O=C(OCCOC(=O)C(O)c1cccs1)C(O)c1cccs1. The summed E-state index contributed by atoms with van der Waals surface area (Å²) in [5.74, 6) is -1.62. The van der Waals surface area contributed by atoms with Crippen LogP contribution < -0.4 is 0 Å². The molecule has 0 saturated heterocycles. The van der Waals surface area contributed by atoms with E-state index in [1.54, 1.807) is 35.0 Å². The van der Waals surface area contributed by atoms with Crippen molar-refractivity contribution >= 4 is 34.6 Å². The number of thiophene rings is 2. The monoisotopic (exact) mass is 342 g/mol. The molecule has 0 aliphatic heterocycles. The normalized spacial score (nSPS) is 13.4. The first-order valence-corrected chi connectivity index (χ1v) is 8.11. The van der Waals surface area contributed by atoms with E-state index in [9.17, 15) is 19.8 Å². The van der Waals surface area contributed by atoms with Crippen LogP contribution >= 0.6 is 22.7 Å². The summed E-state index contributed by atoms with van der Waals surface area (Å²) in [6, 6.07) is 6.66. The summed E-state index contributed by atoms with van der Waals surface area (Å²) in [4.78, 5) is 24.1. The van der Waals surface area contributed by atoms with Gasteiger partial charge in [-0.25, -0.2) is 9.59 Å². The Hall–Kier alpha value is -1.74. The molecule has 22 heavy (non-hydrogen) atoms. The molecule has 6 nitrogen and oxygen atoms in total. The second-order valence-electron chi connectivity index (χ2n) is 4.17. The number of rotatable bonds is 7. The third kappa shape index (κ3) is 4.38. The fourth-order valence-corrected chi connectivity index (χ4v) is 2.96. The van der Waals surface area contributed by atoms with E-state index in [1.165, 1.54) is 22.7 Å². The number of hydrogen-bond acceptors (Lipinski definition) is 8. The van der Waals surface area contributed by atoms with E-state index in [-0.39, 0.29) is 13.2 Å². The van der Waals surface area contributed by atoms with Crippen LogP contribution in [0.1, 0.15) is 22.0 Å². The summed E-state index contributed by atoms with van der Waals surface area (Å²) in [7, 11) is 0. The maximum atomic E-state index is 11.6. The lowest BCUT2D eigenvalue weighted by atomic mass is 10.3. The molecule has 0 aliphatic carbocycles. The number of carbonyl (C=O) groups excluding carboxylic acids is 2. The first-order chi connectivity index (χ1) is 10.6. The van der Waals surface area contributed by atoms with Crippen LogP contribution in [0.25, 0.3) is 0 Å². The number of ether oxygens (including phenoxy) is 2. The minimum Gasteiger partial charge on any atom is -0.460 e. The predicted octanol–water partition coefficient (Wildman–Crippen LogP) is 1.66. The fraction of sp³-hybridized carbons (Fsp3) is 0.286. The molecular formula is C14H14O6S2. The van der Waals surface area contributed by atoms with E-state index in [2.05, 4.69) is 0 Å². The quantitative estimate of drug-likeness (QED) is 0.587.